The van der Waals surface area contributed by atoms with Gasteiger partial charge in [-0.3, -0.25) is 9.78 Å². The van der Waals surface area contributed by atoms with E-state index >= 15 is 0 Å². The number of fused-ring (bicyclic) bond motifs is 2. The lowest BCUT2D eigenvalue weighted by Crippen LogP contribution is -2.35. The van der Waals surface area contributed by atoms with Gasteiger partial charge in [0.05, 0.1) is 5.56 Å². The number of para-hydroxylation sites is 1. The van der Waals surface area contributed by atoms with Crippen LogP contribution in [0.15, 0.2) is 48.9 Å². The van der Waals surface area contributed by atoms with Crippen LogP contribution in [0.4, 0.5) is 5.69 Å². The molecule has 2 aromatic heterocycles. The van der Waals surface area contributed by atoms with Crippen molar-refractivity contribution in [3.8, 4) is 0 Å². The molecule has 0 N–H and O–H groups in total. The summed E-state index contributed by atoms with van der Waals surface area (Å²) >= 11 is 0. The first-order chi connectivity index (χ1) is 10.7. The zero-order valence-electron chi connectivity index (χ0n) is 12.1. The molecule has 0 aliphatic carbocycles. The van der Waals surface area contributed by atoms with Crippen LogP contribution in [0.3, 0.4) is 0 Å². The normalized spacial score (nSPS) is 16.8. The van der Waals surface area contributed by atoms with Crippen LogP contribution in [0.1, 0.15) is 22.8 Å². The van der Waals surface area contributed by atoms with Crippen molar-refractivity contribution in [3.63, 3.8) is 0 Å². The van der Waals surface area contributed by atoms with Gasteiger partial charge in [-0.2, -0.15) is 0 Å². The molecule has 5 heteroatoms. The number of nitrogens with zero attached hydrogens (tertiary/aromatic N) is 4. The minimum Gasteiger partial charge on any atom is -0.305 e. The van der Waals surface area contributed by atoms with Crippen molar-refractivity contribution in [2.24, 2.45) is 0 Å². The van der Waals surface area contributed by atoms with Crippen molar-refractivity contribution < 1.29 is 4.79 Å². The van der Waals surface area contributed by atoms with Crippen LogP contribution >= 0.6 is 0 Å². The van der Waals surface area contributed by atoms with E-state index < -0.39 is 0 Å². The van der Waals surface area contributed by atoms with Crippen molar-refractivity contribution in [2.45, 2.75) is 19.4 Å². The fraction of sp³-hybridized carbons (Fsp3) is 0.176. The summed E-state index contributed by atoms with van der Waals surface area (Å²) in [4.78, 5) is 27.3. The molecule has 0 spiro atoms. The molecule has 22 heavy (non-hydrogen) atoms. The summed E-state index contributed by atoms with van der Waals surface area (Å²) in [5.74, 6) is -0.0440. The van der Waals surface area contributed by atoms with Crippen LogP contribution in [-0.4, -0.2) is 26.9 Å². The Morgan fingerprint density at radius 2 is 2.00 bits per heavy atom. The molecule has 0 fully saturated rings. The third-order valence-corrected chi connectivity index (χ3v) is 4.00. The average molecular weight is 290 g/mol. The standard InChI is InChI=1S/C17H14N4O/c1-11-8-12-4-2-3-5-15(12)21(11)17(22)13-9-14-16(20-10-13)19-7-6-18-14/h2-7,9-11H,8H2,1H3. The lowest BCUT2D eigenvalue weighted by molar-refractivity contribution is 0.0981. The first-order valence-corrected chi connectivity index (χ1v) is 7.22. The van der Waals surface area contributed by atoms with Gasteiger partial charge >= 0.3 is 0 Å². The van der Waals surface area contributed by atoms with E-state index in [9.17, 15) is 4.79 Å². The molecule has 5 nitrogen and oxygen atoms in total. The lowest BCUT2D eigenvalue weighted by atomic mass is 10.1. The average Bonchev–Trinajstić information content (AvgIpc) is 2.89. The van der Waals surface area contributed by atoms with Crippen LogP contribution in [0.5, 0.6) is 0 Å². The predicted molar refractivity (Wildman–Crippen MR) is 83.8 cm³/mol. The second-order valence-corrected chi connectivity index (χ2v) is 5.48. The Balaban J connectivity index is 1.77. The molecule has 0 saturated heterocycles. The second-order valence-electron chi connectivity index (χ2n) is 5.48. The van der Waals surface area contributed by atoms with E-state index in [2.05, 4.69) is 27.9 Å². The third kappa shape index (κ3) is 1.94. The van der Waals surface area contributed by atoms with E-state index in [1.807, 2.05) is 23.1 Å². The van der Waals surface area contributed by atoms with E-state index in [0.29, 0.717) is 16.7 Å². The van der Waals surface area contributed by atoms with Crippen molar-refractivity contribution >= 4 is 22.8 Å². The Morgan fingerprint density at radius 3 is 2.91 bits per heavy atom. The maximum Gasteiger partial charge on any atom is 0.260 e. The largest absolute Gasteiger partial charge is 0.305 e. The zero-order valence-corrected chi connectivity index (χ0v) is 12.1. The van der Waals surface area contributed by atoms with Gasteiger partial charge in [0.25, 0.3) is 5.91 Å². The van der Waals surface area contributed by atoms with E-state index in [-0.39, 0.29) is 11.9 Å². The number of carbonyl (C=O) groups excluding carboxylic acids is 1. The molecule has 1 aromatic carbocycles. The van der Waals surface area contributed by atoms with E-state index in [1.165, 1.54) is 5.56 Å². The predicted octanol–water partition coefficient (Wildman–Crippen LogP) is 2.62. The number of aromatic nitrogens is 3. The number of pyridine rings is 1. The van der Waals surface area contributed by atoms with Crippen LogP contribution in [0.25, 0.3) is 11.2 Å². The quantitative estimate of drug-likeness (QED) is 0.691. The molecule has 3 aromatic rings. The SMILES string of the molecule is CC1Cc2ccccc2N1C(=O)c1cnc2nccnc2c1. The van der Waals surface area contributed by atoms with Crippen LogP contribution in [0, 0.1) is 0 Å². The lowest BCUT2D eigenvalue weighted by Gasteiger charge is -2.22. The summed E-state index contributed by atoms with van der Waals surface area (Å²) < 4.78 is 0. The van der Waals surface area contributed by atoms with Gasteiger partial charge < -0.3 is 4.90 Å². The minimum atomic E-state index is -0.0440. The third-order valence-electron chi connectivity index (χ3n) is 4.00. The van der Waals surface area contributed by atoms with Gasteiger partial charge in [0.2, 0.25) is 0 Å². The Bertz CT molecular complexity index is 877. The van der Waals surface area contributed by atoms with Crippen LogP contribution < -0.4 is 4.90 Å². The minimum absolute atomic E-state index is 0.0440. The van der Waals surface area contributed by atoms with E-state index in [0.717, 1.165) is 12.1 Å². The molecule has 108 valence electrons. The summed E-state index contributed by atoms with van der Waals surface area (Å²) in [5, 5.41) is 0. The number of benzene rings is 1. The summed E-state index contributed by atoms with van der Waals surface area (Å²) in [7, 11) is 0. The van der Waals surface area contributed by atoms with Gasteiger partial charge in [-0.25, -0.2) is 9.97 Å². The van der Waals surface area contributed by atoms with Gasteiger partial charge in [-0.1, -0.05) is 18.2 Å². The van der Waals surface area contributed by atoms with Crippen LogP contribution in [-0.2, 0) is 6.42 Å². The van der Waals surface area contributed by atoms with Gasteiger partial charge in [-0.15, -0.1) is 0 Å². The summed E-state index contributed by atoms with van der Waals surface area (Å²) in [6, 6.07) is 9.93. The highest BCUT2D eigenvalue weighted by atomic mass is 16.2. The Kier molecular flexibility index (Phi) is 2.85. The summed E-state index contributed by atoms with van der Waals surface area (Å²) in [6.45, 7) is 2.06. The summed E-state index contributed by atoms with van der Waals surface area (Å²) in [6.07, 6.45) is 5.65. The number of rotatable bonds is 1. The molecular formula is C17H14N4O. The maximum absolute atomic E-state index is 12.9. The molecule has 1 aliphatic heterocycles. The molecule has 0 saturated carbocycles. The monoisotopic (exact) mass is 290 g/mol. The van der Waals surface area contributed by atoms with Crippen LogP contribution in [0.2, 0.25) is 0 Å². The fourth-order valence-corrected chi connectivity index (χ4v) is 2.99. The molecule has 1 atom stereocenters. The Hall–Kier alpha value is -2.82. The number of carbonyl (C=O) groups is 1. The molecule has 3 heterocycles. The van der Waals surface area contributed by atoms with Crippen molar-refractivity contribution in [3.05, 3.63) is 60.0 Å². The van der Waals surface area contributed by atoms with Gasteiger partial charge in [0, 0.05) is 30.3 Å². The first-order valence-electron chi connectivity index (χ1n) is 7.22. The molecule has 1 aliphatic rings. The highest BCUT2D eigenvalue weighted by Crippen LogP contribution is 2.33. The number of hydrogen-bond acceptors (Lipinski definition) is 4. The highest BCUT2D eigenvalue weighted by molar-refractivity contribution is 6.08. The topological polar surface area (TPSA) is 59.0 Å². The zero-order chi connectivity index (χ0) is 15.1. The maximum atomic E-state index is 12.9. The van der Waals surface area contributed by atoms with Crippen molar-refractivity contribution in [1.29, 1.82) is 0 Å². The smallest absolute Gasteiger partial charge is 0.260 e. The number of amides is 1. The molecule has 4 rings (SSSR count). The highest BCUT2D eigenvalue weighted by Gasteiger charge is 2.31. The second kappa shape index (κ2) is 4.87. The Morgan fingerprint density at radius 1 is 1.18 bits per heavy atom. The van der Waals surface area contributed by atoms with Crippen molar-refractivity contribution in [1.82, 2.24) is 15.0 Å². The number of hydrogen-bond donors (Lipinski definition) is 0. The molecular weight excluding hydrogens is 276 g/mol. The summed E-state index contributed by atoms with van der Waals surface area (Å²) in [5.41, 5.74) is 3.91. The molecule has 0 radical (unpaired) electrons. The van der Waals surface area contributed by atoms with Gasteiger partial charge in [-0.05, 0) is 31.0 Å². The molecule has 1 amide bonds. The van der Waals surface area contributed by atoms with Crippen molar-refractivity contribution in [2.75, 3.05) is 4.90 Å². The molecule has 1 unspecified atom stereocenters. The Labute approximate surface area is 127 Å². The fourth-order valence-electron chi connectivity index (χ4n) is 2.99. The van der Waals surface area contributed by atoms with Gasteiger partial charge in [0.1, 0.15) is 5.52 Å². The number of anilines is 1. The van der Waals surface area contributed by atoms with E-state index in [1.54, 1.807) is 24.7 Å². The van der Waals surface area contributed by atoms with E-state index in [4.69, 9.17) is 0 Å². The molecule has 0 bridgehead atoms. The van der Waals surface area contributed by atoms with Gasteiger partial charge in [0.15, 0.2) is 5.65 Å². The first kappa shape index (κ1) is 12.9.